The molecule has 0 aliphatic carbocycles. The predicted molar refractivity (Wildman–Crippen MR) is 67.1 cm³/mol. The molecule has 2 rings (SSSR count). The number of rotatable bonds is 3. The quantitative estimate of drug-likeness (QED) is 0.813. The van der Waals surface area contributed by atoms with Gasteiger partial charge >= 0.3 is 5.97 Å². The van der Waals surface area contributed by atoms with E-state index < -0.39 is 5.97 Å². The van der Waals surface area contributed by atoms with Crippen molar-refractivity contribution in [3.8, 4) is 0 Å². The first-order valence-electron chi connectivity index (χ1n) is 5.85. The second-order valence-corrected chi connectivity index (χ2v) is 4.56. The summed E-state index contributed by atoms with van der Waals surface area (Å²) in [5.74, 6) is -0.860. The zero-order valence-corrected chi connectivity index (χ0v) is 10.0. The summed E-state index contributed by atoms with van der Waals surface area (Å²) in [5, 5.41) is 8.93. The molecule has 0 unspecified atom stereocenters. The number of nitrogens with zero attached hydrogens (tertiary/aromatic N) is 1. The van der Waals surface area contributed by atoms with Crippen LogP contribution in [0.3, 0.4) is 0 Å². The Bertz CT molecular complexity index is 451. The molecule has 1 aromatic rings. The highest BCUT2D eigenvalue weighted by Gasteiger charge is 2.11. The van der Waals surface area contributed by atoms with Gasteiger partial charge in [0.15, 0.2) is 0 Å². The minimum absolute atomic E-state index is 0.367. The minimum Gasteiger partial charge on any atom is -0.478 e. The summed E-state index contributed by atoms with van der Waals surface area (Å²) in [6, 6.07) is 7.19. The van der Waals surface area contributed by atoms with Gasteiger partial charge in [-0.15, -0.1) is 0 Å². The Labute approximate surface area is 101 Å². The molecule has 0 bridgehead atoms. The van der Waals surface area contributed by atoms with Gasteiger partial charge in [-0.25, -0.2) is 4.79 Å². The molecule has 0 radical (unpaired) electrons. The number of aromatic carboxylic acids is 1. The van der Waals surface area contributed by atoms with Gasteiger partial charge in [0.25, 0.3) is 0 Å². The lowest BCUT2D eigenvalue weighted by atomic mass is 10.1. The monoisotopic (exact) mass is 231 g/mol. The van der Waals surface area contributed by atoms with Crippen LogP contribution < -0.4 is 0 Å². The normalized spacial score (nSPS) is 16.6. The van der Waals surface area contributed by atoms with Crippen molar-refractivity contribution in [2.75, 3.05) is 13.1 Å². The molecule has 1 heterocycles. The Hall–Kier alpha value is -1.61. The van der Waals surface area contributed by atoms with E-state index in [1.54, 1.807) is 12.1 Å². The van der Waals surface area contributed by atoms with E-state index in [1.165, 1.54) is 5.57 Å². The molecule has 0 fully saturated rings. The zero-order chi connectivity index (χ0) is 12.3. The average molecular weight is 231 g/mol. The third-order valence-electron chi connectivity index (χ3n) is 2.99. The van der Waals surface area contributed by atoms with E-state index in [2.05, 4.69) is 17.9 Å². The average Bonchev–Trinajstić information content (AvgIpc) is 2.29. The highest BCUT2D eigenvalue weighted by molar-refractivity contribution is 5.87. The van der Waals surface area contributed by atoms with Crippen LogP contribution >= 0.6 is 0 Å². The maximum absolute atomic E-state index is 10.9. The molecule has 0 amide bonds. The number of carboxylic acids is 1. The van der Waals surface area contributed by atoms with Gasteiger partial charge in [0.1, 0.15) is 0 Å². The number of hydrogen-bond acceptors (Lipinski definition) is 2. The fourth-order valence-electron chi connectivity index (χ4n) is 2.19. The number of carboxylic acid groups (broad SMARTS) is 1. The van der Waals surface area contributed by atoms with E-state index in [-0.39, 0.29) is 0 Å². The van der Waals surface area contributed by atoms with Crippen LogP contribution in [0.25, 0.3) is 0 Å². The second kappa shape index (κ2) is 5.15. The molecular formula is C14H17NO2. The van der Waals surface area contributed by atoms with Gasteiger partial charge in [0, 0.05) is 19.6 Å². The zero-order valence-electron chi connectivity index (χ0n) is 10.0. The lowest BCUT2D eigenvalue weighted by Gasteiger charge is -2.26. The molecule has 0 aromatic heterocycles. The van der Waals surface area contributed by atoms with Crippen molar-refractivity contribution in [3.05, 3.63) is 47.0 Å². The fourth-order valence-corrected chi connectivity index (χ4v) is 2.19. The summed E-state index contributed by atoms with van der Waals surface area (Å²) in [6.07, 6.45) is 3.36. The van der Waals surface area contributed by atoms with Crippen LogP contribution in [0.15, 0.2) is 35.9 Å². The van der Waals surface area contributed by atoms with Gasteiger partial charge in [-0.3, -0.25) is 4.90 Å². The van der Waals surface area contributed by atoms with Gasteiger partial charge in [-0.2, -0.15) is 0 Å². The topological polar surface area (TPSA) is 40.5 Å². The van der Waals surface area contributed by atoms with Crippen molar-refractivity contribution >= 4 is 5.97 Å². The summed E-state index contributed by atoms with van der Waals surface area (Å²) in [5.41, 5.74) is 2.83. The van der Waals surface area contributed by atoms with E-state index in [9.17, 15) is 4.79 Å². The predicted octanol–water partition coefficient (Wildman–Crippen LogP) is 2.54. The minimum atomic E-state index is -0.860. The molecule has 0 saturated carbocycles. The highest BCUT2D eigenvalue weighted by Crippen LogP contribution is 2.14. The van der Waals surface area contributed by atoms with Crippen molar-refractivity contribution in [1.82, 2.24) is 4.90 Å². The molecule has 1 aliphatic rings. The smallest absolute Gasteiger partial charge is 0.335 e. The van der Waals surface area contributed by atoms with Crippen molar-refractivity contribution in [2.45, 2.75) is 19.9 Å². The summed E-state index contributed by atoms with van der Waals surface area (Å²) < 4.78 is 0. The first kappa shape index (κ1) is 11.9. The lowest BCUT2D eigenvalue weighted by molar-refractivity contribution is 0.0696. The first-order valence-corrected chi connectivity index (χ1v) is 5.85. The van der Waals surface area contributed by atoms with Crippen LogP contribution in [0.2, 0.25) is 0 Å². The summed E-state index contributed by atoms with van der Waals surface area (Å²) >= 11 is 0. The molecule has 1 aliphatic heterocycles. The first-order chi connectivity index (χ1) is 8.15. The van der Waals surface area contributed by atoms with E-state index in [0.717, 1.165) is 31.6 Å². The van der Waals surface area contributed by atoms with Crippen LogP contribution in [0.5, 0.6) is 0 Å². The third kappa shape index (κ3) is 3.17. The van der Waals surface area contributed by atoms with Gasteiger partial charge in [0.2, 0.25) is 0 Å². The molecule has 0 saturated heterocycles. The Kier molecular flexibility index (Phi) is 3.59. The van der Waals surface area contributed by atoms with Crippen molar-refractivity contribution in [2.24, 2.45) is 0 Å². The number of hydrogen-bond donors (Lipinski definition) is 1. The Morgan fingerprint density at radius 1 is 1.47 bits per heavy atom. The number of carbonyl (C=O) groups is 1. The fraction of sp³-hybridized carbons (Fsp3) is 0.357. The maximum atomic E-state index is 10.9. The Morgan fingerprint density at radius 2 is 2.29 bits per heavy atom. The van der Waals surface area contributed by atoms with Crippen molar-refractivity contribution < 1.29 is 9.90 Å². The summed E-state index contributed by atoms with van der Waals surface area (Å²) in [4.78, 5) is 13.2. The van der Waals surface area contributed by atoms with Crippen LogP contribution in [0.1, 0.15) is 29.3 Å². The van der Waals surface area contributed by atoms with Crippen LogP contribution in [0.4, 0.5) is 0 Å². The molecule has 3 nitrogen and oxygen atoms in total. The van der Waals surface area contributed by atoms with E-state index in [1.807, 2.05) is 12.1 Å². The van der Waals surface area contributed by atoms with Crippen LogP contribution in [-0.4, -0.2) is 29.1 Å². The Morgan fingerprint density at radius 3 is 3.00 bits per heavy atom. The lowest BCUT2D eigenvalue weighted by Crippen LogP contribution is -2.28. The van der Waals surface area contributed by atoms with Gasteiger partial charge < -0.3 is 5.11 Å². The summed E-state index contributed by atoms with van der Waals surface area (Å²) in [7, 11) is 0. The summed E-state index contributed by atoms with van der Waals surface area (Å²) in [6.45, 7) is 5.00. The van der Waals surface area contributed by atoms with Crippen LogP contribution in [0, 0.1) is 0 Å². The Balaban J connectivity index is 2.06. The van der Waals surface area contributed by atoms with E-state index in [0.29, 0.717) is 5.56 Å². The van der Waals surface area contributed by atoms with E-state index >= 15 is 0 Å². The molecular weight excluding hydrogens is 214 g/mol. The highest BCUT2D eigenvalue weighted by atomic mass is 16.4. The molecule has 3 heteroatoms. The van der Waals surface area contributed by atoms with Crippen LogP contribution in [-0.2, 0) is 6.54 Å². The SMILES string of the molecule is CC1=CCCN(Cc2cccc(C(=O)O)c2)C1. The standard InChI is InChI=1S/C14H17NO2/c1-11-4-3-7-15(9-11)10-12-5-2-6-13(8-12)14(16)17/h2,4-6,8H,3,7,9-10H2,1H3,(H,16,17). The van der Waals surface area contributed by atoms with Crippen molar-refractivity contribution in [1.29, 1.82) is 0 Å². The third-order valence-corrected chi connectivity index (χ3v) is 2.99. The van der Waals surface area contributed by atoms with Gasteiger partial charge in [0.05, 0.1) is 5.56 Å². The molecule has 0 atom stereocenters. The van der Waals surface area contributed by atoms with Gasteiger partial charge in [-0.05, 0) is 31.0 Å². The maximum Gasteiger partial charge on any atom is 0.335 e. The van der Waals surface area contributed by atoms with E-state index in [4.69, 9.17) is 5.11 Å². The molecule has 0 spiro atoms. The molecule has 1 N–H and O–H groups in total. The molecule has 1 aromatic carbocycles. The second-order valence-electron chi connectivity index (χ2n) is 4.56. The van der Waals surface area contributed by atoms with Crippen molar-refractivity contribution in [3.63, 3.8) is 0 Å². The van der Waals surface area contributed by atoms with Gasteiger partial charge in [-0.1, -0.05) is 23.8 Å². The molecule has 90 valence electrons. The molecule has 17 heavy (non-hydrogen) atoms. The largest absolute Gasteiger partial charge is 0.478 e. The number of benzene rings is 1.